The summed E-state index contributed by atoms with van der Waals surface area (Å²) in [5, 5.41) is 18.0. The van der Waals surface area contributed by atoms with E-state index in [-0.39, 0.29) is 17.4 Å². The molecule has 3 aromatic carbocycles. The van der Waals surface area contributed by atoms with Crippen LogP contribution in [0.4, 0.5) is 8.78 Å². The van der Waals surface area contributed by atoms with Crippen molar-refractivity contribution in [2.24, 2.45) is 0 Å². The van der Waals surface area contributed by atoms with Crippen molar-refractivity contribution in [3.63, 3.8) is 0 Å². The Morgan fingerprint density at radius 2 is 1.89 bits per heavy atom. The molecule has 2 heterocycles. The van der Waals surface area contributed by atoms with E-state index in [0.29, 0.717) is 18.2 Å². The van der Waals surface area contributed by atoms with Crippen LogP contribution in [0.1, 0.15) is 18.1 Å². The number of hydrogen-bond acceptors (Lipinski definition) is 6. The van der Waals surface area contributed by atoms with Crippen molar-refractivity contribution >= 4 is 40.2 Å². The maximum absolute atomic E-state index is 14.8. The lowest BCUT2D eigenvalue weighted by Crippen LogP contribution is -2.43. The number of aliphatic hydroxyl groups is 1. The van der Waals surface area contributed by atoms with Gasteiger partial charge < -0.3 is 14.6 Å². The van der Waals surface area contributed by atoms with Crippen LogP contribution in [0.3, 0.4) is 0 Å². The molecule has 0 saturated carbocycles. The summed E-state index contributed by atoms with van der Waals surface area (Å²) in [6.07, 6.45) is 6.08. The summed E-state index contributed by atoms with van der Waals surface area (Å²) < 4.78 is 41.6. The van der Waals surface area contributed by atoms with Gasteiger partial charge in [-0.3, -0.25) is 0 Å². The molecule has 1 saturated heterocycles. The minimum absolute atomic E-state index is 0.00878. The summed E-state index contributed by atoms with van der Waals surface area (Å²) in [5.41, 5.74) is -0.685. The van der Waals surface area contributed by atoms with Gasteiger partial charge in [-0.05, 0) is 46.7 Å². The van der Waals surface area contributed by atoms with Gasteiger partial charge >= 0.3 is 0 Å². The van der Waals surface area contributed by atoms with Gasteiger partial charge in [0.05, 0.1) is 25.0 Å². The Labute approximate surface area is 228 Å². The number of aromatic nitrogens is 3. The van der Waals surface area contributed by atoms with E-state index in [4.69, 9.17) is 21.1 Å². The first-order chi connectivity index (χ1) is 18.3. The third-order valence-electron chi connectivity index (χ3n) is 6.50. The summed E-state index contributed by atoms with van der Waals surface area (Å²) in [6.45, 7) is 2.50. The van der Waals surface area contributed by atoms with Crippen LogP contribution < -0.4 is 0 Å². The average Bonchev–Trinajstić information content (AvgIpc) is 3.41. The van der Waals surface area contributed by atoms with Crippen LogP contribution in [-0.2, 0) is 21.6 Å². The highest BCUT2D eigenvalue weighted by molar-refractivity contribution is 8.00. The number of hydrogen-bond donors (Lipinski definition) is 1. The first kappa shape index (κ1) is 26.8. The number of benzene rings is 3. The Morgan fingerprint density at radius 1 is 1.13 bits per heavy atom. The zero-order valence-electron chi connectivity index (χ0n) is 20.5. The molecule has 10 heteroatoms. The molecule has 0 bridgehead atoms. The van der Waals surface area contributed by atoms with Gasteiger partial charge in [-0.25, -0.2) is 18.4 Å². The fourth-order valence-corrected chi connectivity index (χ4v) is 5.95. The highest BCUT2D eigenvalue weighted by atomic mass is 35.5. The minimum atomic E-state index is -1.69. The molecule has 2 atom stereocenters. The Bertz CT molecular complexity index is 1430. The second kappa shape index (κ2) is 11.5. The molecular weight excluding hydrogens is 532 g/mol. The highest BCUT2D eigenvalue weighted by Gasteiger charge is 2.41. The van der Waals surface area contributed by atoms with Gasteiger partial charge in [0.2, 0.25) is 0 Å². The largest absolute Gasteiger partial charge is 0.382 e. The fraction of sp³-hybridized carbons (Fsp3) is 0.286. The topological polar surface area (TPSA) is 69.4 Å². The Morgan fingerprint density at radius 3 is 2.63 bits per heavy atom. The molecule has 2 unspecified atom stereocenters. The van der Waals surface area contributed by atoms with Crippen LogP contribution in [0.25, 0.3) is 16.8 Å². The van der Waals surface area contributed by atoms with E-state index in [0.717, 1.165) is 28.5 Å². The molecule has 1 N–H and O–H groups in total. The highest BCUT2D eigenvalue weighted by Crippen LogP contribution is 2.38. The lowest BCUT2D eigenvalue weighted by molar-refractivity contribution is -0.146. The lowest BCUT2D eigenvalue weighted by atomic mass is 9.90. The van der Waals surface area contributed by atoms with Crippen molar-refractivity contribution < 1.29 is 23.4 Å². The number of rotatable bonds is 8. The third-order valence-corrected chi connectivity index (χ3v) is 8.19. The molecule has 0 spiro atoms. The molecule has 0 radical (unpaired) electrons. The molecule has 1 aliphatic rings. The molecule has 1 aliphatic heterocycles. The summed E-state index contributed by atoms with van der Waals surface area (Å²) in [7, 11) is 0. The molecule has 38 heavy (non-hydrogen) atoms. The normalized spacial score (nSPS) is 20.6. The second-order valence-electron chi connectivity index (χ2n) is 9.19. The molecule has 0 amide bonds. The second-order valence-corrected chi connectivity index (χ2v) is 11.3. The van der Waals surface area contributed by atoms with E-state index >= 15 is 0 Å². The molecular formula is C28H26ClF2N3O3S. The van der Waals surface area contributed by atoms with Crippen molar-refractivity contribution in [3.05, 3.63) is 101 Å². The van der Waals surface area contributed by atoms with Crippen LogP contribution in [0.2, 0.25) is 5.02 Å². The van der Waals surface area contributed by atoms with E-state index < -0.39 is 28.8 Å². The van der Waals surface area contributed by atoms with Crippen LogP contribution in [0.5, 0.6) is 0 Å². The number of halogens is 3. The Kier molecular flexibility index (Phi) is 8.11. The standard InChI is InChI=1S/C28H26ClF2N3O3S/c1-18(28(35,15-34-17-32-16-33-34)25-8-7-23(30)12-26(25)31)38-24-13-36-27(37-14-24)9-3-19-2-4-21-11-22(29)6-5-20(21)10-19/h2-12,16-18,24,27,35H,13-15H2,1H3/b9-3+. The van der Waals surface area contributed by atoms with Gasteiger partial charge in [-0.2, -0.15) is 5.10 Å². The minimum Gasteiger partial charge on any atom is -0.382 e. The van der Waals surface area contributed by atoms with Crippen LogP contribution in [0, 0.1) is 11.6 Å². The van der Waals surface area contributed by atoms with Gasteiger partial charge in [0, 0.05) is 21.9 Å². The van der Waals surface area contributed by atoms with Crippen LogP contribution >= 0.6 is 23.4 Å². The molecule has 1 aromatic heterocycles. The molecule has 198 valence electrons. The molecule has 0 aliphatic carbocycles. The maximum Gasteiger partial charge on any atom is 0.177 e. The first-order valence-corrected chi connectivity index (χ1v) is 13.4. The van der Waals surface area contributed by atoms with Crippen molar-refractivity contribution in [1.29, 1.82) is 0 Å². The number of thioether (sulfide) groups is 1. The van der Waals surface area contributed by atoms with Crippen LogP contribution in [-0.4, -0.2) is 49.9 Å². The number of ether oxygens (including phenoxy) is 2. The summed E-state index contributed by atoms with van der Waals surface area (Å²) in [4.78, 5) is 3.91. The Balaban J connectivity index is 1.23. The van der Waals surface area contributed by atoms with Crippen molar-refractivity contribution in [2.45, 2.75) is 35.9 Å². The molecule has 4 aromatic rings. The fourth-order valence-electron chi connectivity index (χ4n) is 4.45. The summed E-state index contributed by atoms with van der Waals surface area (Å²) in [5.74, 6) is -1.53. The average molecular weight is 558 g/mol. The van der Waals surface area contributed by atoms with E-state index in [1.807, 2.05) is 42.5 Å². The molecule has 1 fully saturated rings. The zero-order chi connectivity index (χ0) is 26.7. The van der Waals surface area contributed by atoms with Gasteiger partial charge in [-0.15, -0.1) is 11.8 Å². The zero-order valence-corrected chi connectivity index (χ0v) is 22.1. The SMILES string of the molecule is CC(SC1COC(/C=C/c2ccc3cc(Cl)ccc3c2)OC1)C(O)(Cn1cncn1)c1ccc(F)cc1F. The van der Waals surface area contributed by atoms with Crippen LogP contribution in [0.15, 0.2) is 73.3 Å². The predicted octanol–water partition coefficient (Wildman–Crippen LogP) is 5.83. The van der Waals surface area contributed by atoms with Gasteiger partial charge in [-0.1, -0.05) is 48.9 Å². The molecule has 5 rings (SSSR count). The number of nitrogens with zero attached hydrogens (tertiary/aromatic N) is 3. The first-order valence-electron chi connectivity index (χ1n) is 12.1. The summed E-state index contributed by atoms with van der Waals surface area (Å²) in [6, 6.07) is 15.0. The summed E-state index contributed by atoms with van der Waals surface area (Å²) >= 11 is 7.48. The third kappa shape index (κ3) is 6.08. The van der Waals surface area contributed by atoms with Gasteiger partial charge in [0.25, 0.3) is 0 Å². The van der Waals surface area contributed by atoms with E-state index in [1.165, 1.54) is 35.2 Å². The lowest BCUT2D eigenvalue weighted by Gasteiger charge is -2.37. The quantitative estimate of drug-likeness (QED) is 0.294. The van der Waals surface area contributed by atoms with Crippen molar-refractivity contribution in [3.8, 4) is 0 Å². The molecule has 6 nitrogen and oxygen atoms in total. The van der Waals surface area contributed by atoms with E-state index in [9.17, 15) is 13.9 Å². The smallest absolute Gasteiger partial charge is 0.177 e. The Hall–Kier alpha value is -2.82. The monoisotopic (exact) mass is 557 g/mol. The maximum atomic E-state index is 14.8. The van der Waals surface area contributed by atoms with Gasteiger partial charge in [0.1, 0.15) is 29.9 Å². The van der Waals surface area contributed by atoms with Crippen molar-refractivity contribution in [1.82, 2.24) is 14.8 Å². The van der Waals surface area contributed by atoms with E-state index in [1.54, 1.807) is 6.92 Å². The predicted molar refractivity (Wildman–Crippen MR) is 145 cm³/mol. The van der Waals surface area contributed by atoms with E-state index in [2.05, 4.69) is 16.1 Å². The van der Waals surface area contributed by atoms with Gasteiger partial charge in [0.15, 0.2) is 6.29 Å². The number of fused-ring (bicyclic) bond motifs is 1. The van der Waals surface area contributed by atoms with Crippen molar-refractivity contribution in [2.75, 3.05) is 13.2 Å².